The van der Waals surface area contributed by atoms with Crippen LogP contribution in [-0.2, 0) is 11.0 Å². The first-order chi connectivity index (χ1) is 7.84. The summed E-state index contributed by atoms with van der Waals surface area (Å²) in [6.45, 7) is 7.76. The first-order valence-corrected chi connectivity index (χ1v) is 6.67. The van der Waals surface area contributed by atoms with E-state index in [-0.39, 0.29) is 10.8 Å². The third-order valence-corrected chi connectivity index (χ3v) is 4.06. The monoisotopic (exact) mass is 250 g/mol. The van der Waals surface area contributed by atoms with Crippen LogP contribution in [0.1, 0.15) is 44.9 Å². The van der Waals surface area contributed by atoms with Gasteiger partial charge in [-0.05, 0) is 45.4 Å². The normalized spacial score (nSPS) is 15.0. The summed E-state index contributed by atoms with van der Waals surface area (Å²) in [6.07, 6.45) is 0. The summed E-state index contributed by atoms with van der Waals surface area (Å²) in [7, 11) is -1.09. The van der Waals surface area contributed by atoms with E-state index in [4.69, 9.17) is 5.26 Å². The van der Waals surface area contributed by atoms with Crippen LogP contribution in [0, 0.1) is 11.3 Å². The quantitative estimate of drug-likeness (QED) is 0.896. The molecule has 0 aliphatic rings. The largest absolute Gasteiger partial charge is 0.242 e. The second kappa shape index (κ2) is 5.44. The summed E-state index contributed by atoms with van der Waals surface area (Å²) in [5.41, 5.74) is 1.67. The molecule has 0 saturated heterocycles. The standard InChI is InChI=1S/C13H18N2OS/c1-10(15-17(16)13(2,3)4)12-7-5-11(9-14)6-8-12/h5-8,10,15H,1-4H3. The third-order valence-electron chi connectivity index (χ3n) is 2.38. The van der Waals surface area contributed by atoms with Gasteiger partial charge in [-0.3, -0.25) is 0 Å². The molecule has 2 atom stereocenters. The van der Waals surface area contributed by atoms with Gasteiger partial charge in [0.1, 0.15) is 0 Å². The number of hydrogen-bond acceptors (Lipinski definition) is 2. The fourth-order valence-electron chi connectivity index (χ4n) is 1.25. The highest BCUT2D eigenvalue weighted by atomic mass is 32.2. The van der Waals surface area contributed by atoms with Crippen molar-refractivity contribution < 1.29 is 4.21 Å². The van der Waals surface area contributed by atoms with Crippen LogP contribution in [0.3, 0.4) is 0 Å². The highest BCUT2D eigenvalue weighted by molar-refractivity contribution is 7.84. The maximum Gasteiger partial charge on any atom is 0.0991 e. The first-order valence-electron chi connectivity index (χ1n) is 5.52. The Kier molecular flexibility index (Phi) is 4.44. The molecule has 1 aromatic rings. The lowest BCUT2D eigenvalue weighted by molar-refractivity contribution is 0.616. The zero-order valence-electron chi connectivity index (χ0n) is 10.7. The van der Waals surface area contributed by atoms with Gasteiger partial charge in [0, 0.05) is 6.04 Å². The Balaban J connectivity index is 2.74. The predicted molar refractivity (Wildman–Crippen MR) is 70.6 cm³/mol. The SMILES string of the molecule is CC(NS(=O)C(C)(C)C)c1ccc(C#N)cc1. The van der Waals surface area contributed by atoms with Gasteiger partial charge in [-0.15, -0.1) is 0 Å². The highest BCUT2D eigenvalue weighted by Gasteiger charge is 2.21. The fourth-order valence-corrected chi connectivity index (χ4v) is 2.06. The lowest BCUT2D eigenvalue weighted by Crippen LogP contribution is -2.34. The number of hydrogen-bond donors (Lipinski definition) is 1. The molecule has 1 rings (SSSR count). The van der Waals surface area contributed by atoms with Crippen LogP contribution in [-0.4, -0.2) is 8.96 Å². The van der Waals surface area contributed by atoms with Crippen molar-refractivity contribution in [2.24, 2.45) is 0 Å². The minimum atomic E-state index is -1.09. The van der Waals surface area contributed by atoms with Crippen LogP contribution in [0.15, 0.2) is 24.3 Å². The van der Waals surface area contributed by atoms with Crippen molar-refractivity contribution in [1.29, 1.82) is 5.26 Å². The maximum atomic E-state index is 11.9. The van der Waals surface area contributed by atoms with Crippen LogP contribution in [0.2, 0.25) is 0 Å². The van der Waals surface area contributed by atoms with Gasteiger partial charge in [-0.1, -0.05) is 12.1 Å². The van der Waals surface area contributed by atoms with Gasteiger partial charge in [0.05, 0.1) is 27.4 Å². The van der Waals surface area contributed by atoms with Crippen LogP contribution >= 0.6 is 0 Å². The van der Waals surface area contributed by atoms with Crippen molar-refractivity contribution in [2.45, 2.75) is 38.5 Å². The Morgan fingerprint density at radius 1 is 1.29 bits per heavy atom. The van der Waals surface area contributed by atoms with Gasteiger partial charge in [-0.25, -0.2) is 8.93 Å². The van der Waals surface area contributed by atoms with Crippen LogP contribution in [0.25, 0.3) is 0 Å². The van der Waals surface area contributed by atoms with Crippen LogP contribution in [0.5, 0.6) is 0 Å². The second-order valence-corrected chi connectivity index (χ2v) is 6.95. The molecule has 2 unspecified atom stereocenters. The molecule has 0 aliphatic carbocycles. The molecule has 0 aliphatic heterocycles. The molecule has 0 spiro atoms. The Hall–Kier alpha value is -1.18. The van der Waals surface area contributed by atoms with Crippen molar-refractivity contribution in [3.8, 4) is 6.07 Å². The third kappa shape index (κ3) is 3.95. The molecule has 4 heteroatoms. The molecule has 17 heavy (non-hydrogen) atoms. The Morgan fingerprint density at radius 3 is 2.24 bits per heavy atom. The lowest BCUT2D eigenvalue weighted by Gasteiger charge is -2.22. The van der Waals surface area contributed by atoms with Crippen molar-refractivity contribution in [3.05, 3.63) is 35.4 Å². The molecule has 0 heterocycles. The van der Waals surface area contributed by atoms with Gasteiger partial charge < -0.3 is 0 Å². The zero-order chi connectivity index (χ0) is 13.1. The van der Waals surface area contributed by atoms with E-state index in [0.717, 1.165) is 5.56 Å². The molecule has 92 valence electrons. The van der Waals surface area contributed by atoms with Gasteiger partial charge in [-0.2, -0.15) is 5.26 Å². The molecule has 1 N–H and O–H groups in total. The molecule has 1 aromatic carbocycles. The van der Waals surface area contributed by atoms with E-state index in [9.17, 15) is 4.21 Å². The topological polar surface area (TPSA) is 52.9 Å². The Morgan fingerprint density at radius 2 is 1.82 bits per heavy atom. The summed E-state index contributed by atoms with van der Waals surface area (Å²) in [5, 5.41) is 8.70. The second-order valence-electron chi connectivity index (χ2n) is 4.95. The number of rotatable bonds is 3. The molecule has 0 bridgehead atoms. The minimum Gasteiger partial charge on any atom is -0.242 e. The molecule has 0 radical (unpaired) electrons. The number of nitrogens with one attached hydrogen (secondary N) is 1. The molecule has 0 aromatic heterocycles. The minimum absolute atomic E-state index is 0.00259. The first kappa shape index (κ1) is 13.9. The van der Waals surface area contributed by atoms with E-state index in [1.165, 1.54) is 0 Å². The van der Waals surface area contributed by atoms with Gasteiger partial charge in [0.2, 0.25) is 0 Å². The number of nitriles is 1. The average molecular weight is 250 g/mol. The molecule has 0 saturated carbocycles. The van der Waals surface area contributed by atoms with Gasteiger partial charge >= 0.3 is 0 Å². The highest BCUT2D eigenvalue weighted by Crippen LogP contribution is 2.17. The zero-order valence-corrected chi connectivity index (χ0v) is 11.5. The summed E-state index contributed by atoms with van der Waals surface area (Å²) in [6, 6.07) is 9.39. The fraction of sp³-hybridized carbons (Fsp3) is 0.462. The van der Waals surface area contributed by atoms with Crippen molar-refractivity contribution >= 4 is 11.0 Å². The maximum absolute atomic E-state index is 11.9. The summed E-state index contributed by atoms with van der Waals surface area (Å²) < 4.78 is 14.7. The summed E-state index contributed by atoms with van der Waals surface area (Å²) >= 11 is 0. The molecular formula is C13H18N2OS. The van der Waals surface area contributed by atoms with E-state index in [2.05, 4.69) is 10.8 Å². The van der Waals surface area contributed by atoms with Crippen molar-refractivity contribution in [3.63, 3.8) is 0 Å². The molecule has 3 nitrogen and oxygen atoms in total. The summed E-state index contributed by atoms with van der Waals surface area (Å²) in [5.74, 6) is 0. The lowest BCUT2D eigenvalue weighted by atomic mass is 10.1. The summed E-state index contributed by atoms with van der Waals surface area (Å²) in [4.78, 5) is 0. The number of nitrogens with zero attached hydrogens (tertiary/aromatic N) is 1. The Bertz CT molecular complexity index is 440. The van der Waals surface area contributed by atoms with Gasteiger partial charge in [0.25, 0.3) is 0 Å². The Labute approximate surface area is 105 Å². The van der Waals surface area contributed by atoms with E-state index in [1.54, 1.807) is 12.1 Å². The predicted octanol–water partition coefficient (Wildman–Crippen LogP) is 2.67. The molecule has 0 amide bonds. The van der Waals surface area contributed by atoms with Crippen LogP contribution in [0.4, 0.5) is 0 Å². The molecule has 0 fully saturated rings. The van der Waals surface area contributed by atoms with E-state index < -0.39 is 11.0 Å². The van der Waals surface area contributed by atoms with Crippen molar-refractivity contribution in [1.82, 2.24) is 4.72 Å². The van der Waals surface area contributed by atoms with Gasteiger partial charge in [0.15, 0.2) is 0 Å². The smallest absolute Gasteiger partial charge is 0.0991 e. The van der Waals surface area contributed by atoms with E-state index in [1.807, 2.05) is 39.8 Å². The van der Waals surface area contributed by atoms with Crippen LogP contribution < -0.4 is 4.72 Å². The van der Waals surface area contributed by atoms with Crippen molar-refractivity contribution in [2.75, 3.05) is 0 Å². The average Bonchev–Trinajstić information content (AvgIpc) is 2.27. The molecular weight excluding hydrogens is 232 g/mol. The van der Waals surface area contributed by atoms with E-state index >= 15 is 0 Å². The number of benzene rings is 1. The van der Waals surface area contributed by atoms with E-state index in [0.29, 0.717) is 5.56 Å².